The highest BCUT2D eigenvalue weighted by molar-refractivity contribution is 7.91. The van der Waals surface area contributed by atoms with E-state index in [4.69, 9.17) is 23.2 Å². The van der Waals surface area contributed by atoms with Gasteiger partial charge in [-0.05, 0) is 54.1 Å². The Morgan fingerprint density at radius 2 is 1.49 bits per heavy atom. The summed E-state index contributed by atoms with van der Waals surface area (Å²) in [5, 5.41) is 17.3. The average Bonchev–Trinajstić information content (AvgIpc) is 2.94. The third-order valence-corrected chi connectivity index (χ3v) is 8.12. The summed E-state index contributed by atoms with van der Waals surface area (Å²) in [6, 6.07) is 20.5. The Morgan fingerprint density at radius 3 is 2.15 bits per heavy atom. The van der Waals surface area contributed by atoms with Crippen LogP contribution >= 0.6 is 23.2 Å². The van der Waals surface area contributed by atoms with Crippen LogP contribution in [0, 0.1) is 0 Å². The molecule has 10 nitrogen and oxygen atoms in total. The SMILES string of the molecule is O=C(Nc1ccccc1S(=O)(=O)c1ccccc1)NC(Cc1ccc(NC(=O)c2ccc(Cl)nc2Cl)cc1)C(=O)O. The number of anilines is 2. The first kappa shape index (κ1) is 29.5. The summed E-state index contributed by atoms with van der Waals surface area (Å²) in [6.45, 7) is 0. The molecular formula is C28H22Cl2N4O6S. The molecule has 0 fully saturated rings. The van der Waals surface area contributed by atoms with E-state index in [2.05, 4.69) is 20.9 Å². The summed E-state index contributed by atoms with van der Waals surface area (Å²) < 4.78 is 26.2. The molecule has 0 spiro atoms. The first-order chi connectivity index (χ1) is 19.5. The number of pyridine rings is 1. The number of sulfone groups is 1. The fourth-order valence-electron chi connectivity index (χ4n) is 3.79. The molecule has 0 bridgehead atoms. The van der Waals surface area contributed by atoms with E-state index in [1.165, 1.54) is 42.5 Å². The minimum absolute atomic E-state index is 0.00548. The number of aliphatic carboxylic acids is 1. The number of carbonyl (C=O) groups is 3. The van der Waals surface area contributed by atoms with Crippen LogP contribution in [-0.2, 0) is 21.1 Å². The minimum atomic E-state index is -3.95. The summed E-state index contributed by atoms with van der Waals surface area (Å²) in [6.07, 6.45) is -0.0894. The summed E-state index contributed by atoms with van der Waals surface area (Å²) >= 11 is 11.7. The number of carboxylic acids is 1. The summed E-state index contributed by atoms with van der Waals surface area (Å²) in [5.41, 5.74) is 1.08. The predicted molar refractivity (Wildman–Crippen MR) is 154 cm³/mol. The van der Waals surface area contributed by atoms with Crippen LogP contribution in [-0.4, -0.2) is 42.5 Å². The maximum absolute atomic E-state index is 13.1. The standard InChI is InChI=1S/C28H22Cl2N4O6S/c29-24-15-14-20(25(30)34-24)26(35)31-18-12-10-17(11-13-18)16-22(27(36)37)33-28(38)32-21-8-4-5-9-23(21)41(39,40)19-6-2-1-3-7-19/h1-15,22H,16H2,(H,31,35)(H,36,37)(H2,32,33,38). The van der Waals surface area contributed by atoms with Gasteiger partial charge in [0.05, 0.1) is 21.0 Å². The molecule has 4 rings (SSSR count). The van der Waals surface area contributed by atoms with Crippen LogP contribution in [0.1, 0.15) is 15.9 Å². The molecule has 3 amide bonds. The molecule has 0 aliphatic rings. The van der Waals surface area contributed by atoms with Crippen molar-refractivity contribution in [2.75, 3.05) is 10.6 Å². The van der Waals surface area contributed by atoms with Gasteiger partial charge in [-0.1, -0.05) is 65.7 Å². The van der Waals surface area contributed by atoms with Gasteiger partial charge in [0.2, 0.25) is 9.84 Å². The number of rotatable bonds is 9. The highest BCUT2D eigenvalue weighted by atomic mass is 35.5. The van der Waals surface area contributed by atoms with E-state index in [9.17, 15) is 27.9 Å². The van der Waals surface area contributed by atoms with Gasteiger partial charge in [0.15, 0.2) is 0 Å². The van der Waals surface area contributed by atoms with Crippen LogP contribution < -0.4 is 16.0 Å². The van der Waals surface area contributed by atoms with Crippen LogP contribution in [0.15, 0.2) is 101 Å². The molecule has 0 saturated carbocycles. The van der Waals surface area contributed by atoms with E-state index >= 15 is 0 Å². The van der Waals surface area contributed by atoms with Gasteiger partial charge < -0.3 is 21.1 Å². The van der Waals surface area contributed by atoms with Crippen molar-refractivity contribution in [1.29, 1.82) is 0 Å². The number of carbonyl (C=O) groups excluding carboxylic acids is 2. The van der Waals surface area contributed by atoms with Crippen molar-refractivity contribution >= 4 is 62.3 Å². The van der Waals surface area contributed by atoms with Gasteiger partial charge in [-0.2, -0.15) is 0 Å². The Kier molecular flexibility index (Phi) is 9.23. The van der Waals surface area contributed by atoms with Gasteiger partial charge in [-0.25, -0.2) is 23.0 Å². The number of urea groups is 1. The van der Waals surface area contributed by atoms with Gasteiger partial charge >= 0.3 is 12.0 Å². The van der Waals surface area contributed by atoms with Crippen LogP contribution in [0.25, 0.3) is 0 Å². The lowest BCUT2D eigenvalue weighted by Gasteiger charge is -2.17. The molecule has 0 aliphatic carbocycles. The third-order valence-electron chi connectivity index (χ3n) is 5.79. The van der Waals surface area contributed by atoms with Crippen molar-refractivity contribution in [3.8, 4) is 0 Å². The molecule has 0 saturated heterocycles. The van der Waals surface area contributed by atoms with Crippen molar-refractivity contribution in [2.45, 2.75) is 22.3 Å². The molecule has 13 heteroatoms. The van der Waals surface area contributed by atoms with E-state index in [0.29, 0.717) is 11.3 Å². The average molecular weight is 613 g/mol. The maximum atomic E-state index is 13.1. The smallest absolute Gasteiger partial charge is 0.326 e. The molecule has 1 aromatic heterocycles. The zero-order valence-electron chi connectivity index (χ0n) is 21.0. The predicted octanol–water partition coefficient (Wildman–Crippen LogP) is 5.29. The number of nitrogens with zero attached hydrogens (tertiary/aromatic N) is 1. The summed E-state index contributed by atoms with van der Waals surface area (Å²) in [5.74, 6) is -1.81. The normalized spacial score (nSPS) is 11.8. The number of para-hydroxylation sites is 1. The van der Waals surface area contributed by atoms with E-state index in [0.717, 1.165) is 0 Å². The van der Waals surface area contributed by atoms with Crippen LogP contribution in [0.4, 0.5) is 16.2 Å². The fraction of sp³-hybridized carbons (Fsp3) is 0.0714. The molecule has 1 heterocycles. The molecule has 3 aromatic carbocycles. The molecule has 0 radical (unpaired) electrons. The van der Waals surface area contributed by atoms with Gasteiger partial charge in [0, 0.05) is 12.1 Å². The van der Waals surface area contributed by atoms with Crippen molar-refractivity contribution in [3.05, 3.63) is 112 Å². The number of aromatic nitrogens is 1. The Morgan fingerprint density at radius 1 is 0.829 bits per heavy atom. The Hall–Kier alpha value is -4.45. The minimum Gasteiger partial charge on any atom is -0.480 e. The van der Waals surface area contributed by atoms with E-state index < -0.39 is 33.8 Å². The quantitative estimate of drug-likeness (QED) is 0.187. The largest absolute Gasteiger partial charge is 0.480 e. The summed E-state index contributed by atoms with van der Waals surface area (Å²) in [4.78, 5) is 40.9. The molecule has 1 unspecified atom stereocenters. The van der Waals surface area contributed by atoms with E-state index in [1.54, 1.807) is 48.5 Å². The second-order valence-electron chi connectivity index (χ2n) is 8.63. The number of halogens is 2. The van der Waals surface area contributed by atoms with Crippen LogP contribution in [0.5, 0.6) is 0 Å². The zero-order chi connectivity index (χ0) is 29.6. The van der Waals surface area contributed by atoms with Crippen molar-refractivity contribution in [2.24, 2.45) is 0 Å². The highest BCUT2D eigenvalue weighted by Crippen LogP contribution is 2.27. The van der Waals surface area contributed by atoms with Crippen molar-refractivity contribution in [1.82, 2.24) is 10.3 Å². The monoisotopic (exact) mass is 612 g/mol. The van der Waals surface area contributed by atoms with Gasteiger partial charge in [-0.3, -0.25) is 4.79 Å². The first-order valence-electron chi connectivity index (χ1n) is 12.0. The lowest BCUT2D eigenvalue weighted by Crippen LogP contribution is -2.44. The Balaban J connectivity index is 1.42. The van der Waals surface area contributed by atoms with Gasteiger partial charge in [0.1, 0.15) is 16.3 Å². The lowest BCUT2D eigenvalue weighted by molar-refractivity contribution is -0.139. The number of carboxylic acid groups (broad SMARTS) is 1. The molecule has 210 valence electrons. The zero-order valence-corrected chi connectivity index (χ0v) is 23.4. The lowest BCUT2D eigenvalue weighted by atomic mass is 10.1. The molecule has 0 aliphatic heterocycles. The van der Waals surface area contributed by atoms with E-state index in [1.807, 2.05) is 0 Å². The third kappa shape index (κ3) is 7.40. The number of nitrogens with one attached hydrogen (secondary N) is 3. The molecule has 4 N–H and O–H groups in total. The molecule has 41 heavy (non-hydrogen) atoms. The molecular weight excluding hydrogens is 591 g/mol. The topological polar surface area (TPSA) is 155 Å². The van der Waals surface area contributed by atoms with Crippen molar-refractivity contribution in [3.63, 3.8) is 0 Å². The Labute approximate surface area is 245 Å². The molecule has 1 atom stereocenters. The first-order valence-corrected chi connectivity index (χ1v) is 14.2. The number of hydrogen-bond donors (Lipinski definition) is 4. The number of benzene rings is 3. The maximum Gasteiger partial charge on any atom is 0.326 e. The van der Waals surface area contributed by atoms with E-state index in [-0.39, 0.29) is 37.8 Å². The fourth-order valence-corrected chi connectivity index (χ4v) is 5.65. The highest BCUT2D eigenvalue weighted by Gasteiger charge is 2.24. The second-order valence-corrected chi connectivity index (χ2v) is 11.3. The van der Waals surface area contributed by atoms with Crippen LogP contribution in [0.3, 0.4) is 0 Å². The number of hydrogen-bond acceptors (Lipinski definition) is 6. The molecule has 4 aromatic rings. The summed E-state index contributed by atoms with van der Waals surface area (Å²) in [7, 11) is -3.95. The van der Waals surface area contributed by atoms with Gasteiger partial charge in [0.25, 0.3) is 5.91 Å². The Bertz CT molecular complexity index is 1700. The van der Waals surface area contributed by atoms with Crippen LogP contribution in [0.2, 0.25) is 10.3 Å². The van der Waals surface area contributed by atoms with Crippen molar-refractivity contribution < 1.29 is 27.9 Å². The number of amides is 3. The second kappa shape index (κ2) is 12.8. The van der Waals surface area contributed by atoms with Gasteiger partial charge in [-0.15, -0.1) is 0 Å².